The number of nitrogens with two attached hydrogens (primary N) is 1. The van der Waals surface area contributed by atoms with Gasteiger partial charge in [-0.3, -0.25) is 4.79 Å². The summed E-state index contributed by atoms with van der Waals surface area (Å²) in [4.78, 5) is 14.6. The molecule has 3 rings (SSSR count). The average Bonchev–Trinajstić information content (AvgIpc) is 3.12. The van der Waals surface area contributed by atoms with Gasteiger partial charge < -0.3 is 15.4 Å². The van der Waals surface area contributed by atoms with Crippen molar-refractivity contribution in [1.82, 2.24) is 4.90 Å². The van der Waals surface area contributed by atoms with E-state index >= 15 is 0 Å². The van der Waals surface area contributed by atoms with Gasteiger partial charge >= 0.3 is 0 Å². The number of anilines is 1. The standard InChI is InChI=1S/C15H20N2O2/c16-13-3-1-2-12(8-13)15(18)17(14-4-5-14)9-11-6-7-19-10-11/h1-3,8,11,14H,4-7,9-10,16H2. The van der Waals surface area contributed by atoms with Gasteiger partial charge in [0.15, 0.2) is 0 Å². The summed E-state index contributed by atoms with van der Waals surface area (Å²) in [6, 6.07) is 7.69. The Bertz CT molecular complexity index is 465. The van der Waals surface area contributed by atoms with Crippen LogP contribution in [0.4, 0.5) is 5.69 Å². The molecule has 1 aromatic carbocycles. The van der Waals surface area contributed by atoms with Crippen molar-refractivity contribution < 1.29 is 9.53 Å². The molecule has 1 heterocycles. The van der Waals surface area contributed by atoms with Gasteiger partial charge in [0.2, 0.25) is 0 Å². The highest BCUT2D eigenvalue weighted by Crippen LogP contribution is 2.30. The van der Waals surface area contributed by atoms with Gasteiger partial charge in [0.1, 0.15) is 0 Å². The average molecular weight is 260 g/mol. The molecule has 1 amide bonds. The van der Waals surface area contributed by atoms with Crippen molar-refractivity contribution in [2.24, 2.45) is 5.92 Å². The lowest BCUT2D eigenvalue weighted by Crippen LogP contribution is -2.37. The lowest BCUT2D eigenvalue weighted by atomic mass is 10.1. The van der Waals surface area contributed by atoms with Crippen LogP contribution in [0.25, 0.3) is 0 Å². The Labute approximate surface area is 113 Å². The Morgan fingerprint density at radius 2 is 2.21 bits per heavy atom. The Morgan fingerprint density at radius 1 is 1.37 bits per heavy atom. The summed E-state index contributed by atoms with van der Waals surface area (Å²) in [6.45, 7) is 2.43. The molecular formula is C15H20N2O2. The van der Waals surface area contributed by atoms with E-state index in [4.69, 9.17) is 10.5 Å². The molecule has 2 N–H and O–H groups in total. The molecule has 2 aliphatic rings. The van der Waals surface area contributed by atoms with Crippen LogP contribution < -0.4 is 5.73 Å². The quantitative estimate of drug-likeness (QED) is 0.841. The molecule has 1 aromatic rings. The summed E-state index contributed by atoms with van der Waals surface area (Å²) in [5.41, 5.74) is 7.11. The molecule has 0 aromatic heterocycles. The minimum absolute atomic E-state index is 0.113. The number of rotatable bonds is 4. The van der Waals surface area contributed by atoms with Crippen LogP contribution in [-0.2, 0) is 4.74 Å². The number of benzene rings is 1. The Balaban J connectivity index is 1.73. The van der Waals surface area contributed by atoms with Crippen LogP contribution in [0.5, 0.6) is 0 Å². The SMILES string of the molecule is Nc1cccc(C(=O)N(CC2CCOC2)C2CC2)c1. The van der Waals surface area contributed by atoms with E-state index in [1.807, 2.05) is 23.1 Å². The molecule has 1 aliphatic carbocycles. The first-order valence-corrected chi connectivity index (χ1v) is 6.98. The van der Waals surface area contributed by atoms with Crippen molar-refractivity contribution in [3.8, 4) is 0 Å². The summed E-state index contributed by atoms with van der Waals surface area (Å²) < 4.78 is 5.40. The molecule has 4 nitrogen and oxygen atoms in total. The van der Waals surface area contributed by atoms with Crippen LogP contribution in [0, 0.1) is 5.92 Å². The van der Waals surface area contributed by atoms with Gasteiger partial charge in [-0.05, 0) is 37.5 Å². The normalized spacial score (nSPS) is 22.4. The minimum atomic E-state index is 0.113. The predicted octanol–water partition coefficient (Wildman–Crippen LogP) is 1.91. The first-order chi connectivity index (χ1) is 9.24. The lowest BCUT2D eigenvalue weighted by Gasteiger charge is -2.25. The fourth-order valence-corrected chi connectivity index (χ4v) is 2.63. The highest BCUT2D eigenvalue weighted by atomic mass is 16.5. The lowest BCUT2D eigenvalue weighted by molar-refractivity contribution is 0.0706. The third-order valence-electron chi connectivity index (χ3n) is 3.86. The van der Waals surface area contributed by atoms with Crippen LogP contribution >= 0.6 is 0 Å². The minimum Gasteiger partial charge on any atom is -0.399 e. The van der Waals surface area contributed by atoms with Crippen LogP contribution in [0.3, 0.4) is 0 Å². The molecule has 1 atom stereocenters. The van der Waals surface area contributed by atoms with Crippen LogP contribution in [0.2, 0.25) is 0 Å². The zero-order valence-corrected chi connectivity index (χ0v) is 11.0. The molecule has 0 spiro atoms. The number of hydrogen-bond donors (Lipinski definition) is 1. The Kier molecular flexibility index (Phi) is 3.42. The van der Waals surface area contributed by atoms with Crippen molar-refractivity contribution in [3.05, 3.63) is 29.8 Å². The van der Waals surface area contributed by atoms with E-state index in [9.17, 15) is 4.79 Å². The summed E-state index contributed by atoms with van der Waals surface area (Å²) >= 11 is 0. The van der Waals surface area contributed by atoms with Gasteiger partial charge in [-0.2, -0.15) is 0 Å². The maximum absolute atomic E-state index is 12.6. The number of ether oxygens (including phenoxy) is 1. The van der Waals surface area contributed by atoms with Crippen molar-refractivity contribution in [3.63, 3.8) is 0 Å². The van der Waals surface area contributed by atoms with Gasteiger partial charge in [0.25, 0.3) is 5.91 Å². The molecule has 2 fully saturated rings. The third kappa shape index (κ3) is 2.89. The number of nitrogens with zero attached hydrogens (tertiary/aromatic N) is 1. The number of carbonyl (C=O) groups excluding carboxylic acids is 1. The second-order valence-electron chi connectivity index (χ2n) is 5.54. The zero-order chi connectivity index (χ0) is 13.2. The van der Waals surface area contributed by atoms with Gasteiger partial charge in [-0.25, -0.2) is 0 Å². The molecular weight excluding hydrogens is 240 g/mol. The molecule has 1 saturated heterocycles. The molecule has 4 heteroatoms. The van der Waals surface area contributed by atoms with Gasteiger partial charge in [0, 0.05) is 36.4 Å². The maximum atomic E-state index is 12.6. The maximum Gasteiger partial charge on any atom is 0.254 e. The Morgan fingerprint density at radius 3 is 2.84 bits per heavy atom. The molecule has 1 aliphatic heterocycles. The summed E-state index contributed by atoms with van der Waals surface area (Å²) in [5, 5.41) is 0. The topological polar surface area (TPSA) is 55.6 Å². The molecule has 102 valence electrons. The highest BCUT2D eigenvalue weighted by Gasteiger charge is 2.35. The molecule has 0 bridgehead atoms. The molecule has 1 saturated carbocycles. The zero-order valence-electron chi connectivity index (χ0n) is 11.0. The highest BCUT2D eigenvalue weighted by molar-refractivity contribution is 5.95. The number of hydrogen-bond acceptors (Lipinski definition) is 3. The van der Waals surface area contributed by atoms with E-state index in [1.54, 1.807) is 6.07 Å². The van der Waals surface area contributed by atoms with Crippen LogP contribution in [0.1, 0.15) is 29.6 Å². The van der Waals surface area contributed by atoms with E-state index in [2.05, 4.69) is 0 Å². The Hall–Kier alpha value is -1.55. The van der Waals surface area contributed by atoms with Gasteiger partial charge in [-0.1, -0.05) is 6.07 Å². The molecule has 19 heavy (non-hydrogen) atoms. The van der Waals surface area contributed by atoms with E-state index in [-0.39, 0.29) is 5.91 Å². The van der Waals surface area contributed by atoms with Crippen molar-refractivity contribution >= 4 is 11.6 Å². The predicted molar refractivity (Wildman–Crippen MR) is 73.8 cm³/mol. The van der Waals surface area contributed by atoms with Crippen LogP contribution in [0.15, 0.2) is 24.3 Å². The van der Waals surface area contributed by atoms with Crippen molar-refractivity contribution in [2.45, 2.75) is 25.3 Å². The second kappa shape index (κ2) is 5.21. The number of amides is 1. The largest absolute Gasteiger partial charge is 0.399 e. The van der Waals surface area contributed by atoms with Gasteiger partial charge in [-0.15, -0.1) is 0 Å². The van der Waals surface area contributed by atoms with E-state index in [0.29, 0.717) is 23.2 Å². The first-order valence-electron chi connectivity index (χ1n) is 6.98. The van der Waals surface area contributed by atoms with E-state index in [0.717, 1.165) is 39.0 Å². The summed E-state index contributed by atoms with van der Waals surface area (Å²) in [6.07, 6.45) is 3.32. The third-order valence-corrected chi connectivity index (χ3v) is 3.86. The smallest absolute Gasteiger partial charge is 0.254 e. The first kappa shape index (κ1) is 12.5. The fraction of sp³-hybridized carbons (Fsp3) is 0.533. The number of nitrogen functional groups attached to an aromatic ring is 1. The van der Waals surface area contributed by atoms with E-state index < -0.39 is 0 Å². The summed E-state index contributed by atoms with van der Waals surface area (Å²) in [5.74, 6) is 0.604. The van der Waals surface area contributed by atoms with Gasteiger partial charge in [0.05, 0.1) is 6.61 Å². The monoisotopic (exact) mass is 260 g/mol. The van der Waals surface area contributed by atoms with Crippen LogP contribution in [-0.4, -0.2) is 36.6 Å². The number of carbonyl (C=O) groups is 1. The van der Waals surface area contributed by atoms with Crippen molar-refractivity contribution in [1.29, 1.82) is 0 Å². The van der Waals surface area contributed by atoms with Crippen molar-refractivity contribution in [2.75, 3.05) is 25.5 Å². The van der Waals surface area contributed by atoms with E-state index in [1.165, 1.54) is 0 Å². The fourth-order valence-electron chi connectivity index (χ4n) is 2.63. The molecule has 0 radical (unpaired) electrons. The summed E-state index contributed by atoms with van der Waals surface area (Å²) in [7, 11) is 0. The second-order valence-corrected chi connectivity index (χ2v) is 5.54. The molecule has 1 unspecified atom stereocenters.